The molecule has 1 aliphatic heterocycles. The fraction of sp³-hybridized carbons (Fsp3) is 1.00. The summed E-state index contributed by atoms with van der Waals surface area (Å²) in [6.45, 7) is 9.85. The molecular formula is C15H30N2. The van der Waals surface area contributed by atoms with Gasteiger partial charge in [0.1, 0.15) is 0 Å². The second-order valence-electron chi connectivity index (χ2n) is 6.02. The zero-order valence-electron chi connectivity index (χ0n) is 11.8. The summed E-state index contributed by atoms with van der Waals surface area (Å²) in [5, 5.41) is 3.56. The molecule has 1 saturated heterocycles. The first kappa shape index (κ1) is 13.4. The topological polar surface area (TPSA) is 15.3 Å². The van der Waals surface area contributed by atoms with Crippen LogP contribution in [0, 0.1) is 11.8 Å². The molecule has 0 bridgehead atoms. The van der Waals surface area contributed by atoms with Gasteiger partial charge in [-0.2, -0.15) is 0 Å². The van der Waals surface area contributed by atoms with E-state index in [1.807, 2.05) is 0 Å². The maximum atomic E-state index is 3.56. The van der Waals surface area contributed by atoms with Crippen LogP contribution in [0.4, 0.5) is 0 Å². The molecule has 1 aliphatic carbocycles. The molecule has 2 unspecified atom stereocenters. The molecule has 17 heavy (non-hydrogen) atoms. The second-order valence-corrected chi connectivity index (χ2v) is 6.02. The van der Waals surface area contributed by atoms with Crippen LogP contribution in [0.5, 0.6) is 0 Å². The SMILES string of the molecule is CCCN(CC1CCCNC1)C(CC)C1CC1. The Kier molecular flexibility index (Phi) is 5.30. The first-order chi connectivity index (χ1) is 8.35. The lowest BCUT2D eigenvalue weighted by Crippen LogP contribution is -2.44. The first-order valence-corrected chi connectivity index (χ1v) is 7.79. The Labute approximate surface area is 107 Å². The zero-order valence-corrected chi connectivity index (χ0v) is 11.8. The molecule has 1 N–H and O–H groups in total. The van der Waals surface area contributed by atoms with Crippen molar-refractivity contribution in [2.45, 2.75) is 58.4 Å². The number of rotatable bonds is 7. The molecule has 2 nitrogen and oxygen atoms in total. The average Bonchev–Trinajstić information content (AvgIpc) is 3.16. The van der Waals surface area contributed by atoms with E-state index in [0.29, 0.717) is 0 Å². The lowest BCUT2D eigenvalue weighted by atomic mass is 9.97. The molecule has 0 aromatic heterocycles. The van der Waals surface area contributed by atoms with Gasteiger partial charge in [0.15, 0.2) is 0 Å². The average molecular weight is 238 g/mol. The van der Waals surface area contributed by atoms with E-state index in [0.717, 1.165) is 17.9 Å². The summed E-state index contributed by atoms with van der Waals surface area (Å²) < 4.78 is 0. The van der Waals surface area contributed by atoms with Gasteiger partial charge >= 0.3 is 0 Å². The minimum absolute atomic E-state index is 0.886. The van der Waals surface area contributed by atoms with Crippen molar-refractivity contribution >= 4 is 0 Å². The number of hydrogen-bond donors (Lipinski definition) is 1. The van der Waals surface area contributed by atoms with Gasteiger partial charge in [-0.1, -0.05) is 13.8 Å². The predicted octanol–water partition coefficient (Wildman–Crippen LogP) is 2.89. The highest BCUT2D eigenvalue weighted by Gasteiger charge is 2.34. The molecule has 100 valence electrons. The first-order valence-electron chi connectivity index (χ1n) is 7.79. The molecule has 2 atom stereocenters. The predicted molar refractivity (Wildman–Crippen MR) is 74.3 cm³/mol. The Morgan fingerprint density at radius 1 is 1.24 bits per heavy atom. The molecular weight excluding hydrogens is 208 g/mol. The van der Waals surface area contributed by atoms with Crippen molar-refractivity contribution in [3.63, 3.8) is 0 Å². The van der Waals surface area contributed by atoms with Crippen molar-refractivity contribution in [3.8, 4) is 0 Å². The third kappa shape index (κ3) is 3.96. The molecule has 0 aromatic rings. The summed E-state index contributed by atoms with van der Waals surface area (Å²) in [5.41, 5.74) is 0. The van der Waals surface area contributed by atoms with E-state index in [1.54, 1.807) is 0 Å². The second kappa shape index (κ2) is 6.75. The zero-order chi connectivity index (χ0) is 12.1. The van der Waals surface area contributed by atoms with Crippen LogP contribution < -0.4 is 5.32 Å². The van der Waals surface area contributed by atoms with Crippen molar-refractivity contribution in [1.82, 2.24) is 10.2 Å². The summed E-state index contributed by atoms with van der Waals surface area (Å²) in [5.74, 6) is 1.94. The summed E-state index contributed by atoms with van der Waals surface area (Å²) >= 11 is 0. The minimum Gasteiger partial charge on any atom is -0.316 e. The van der Waals surface area contributed by atoms with Crippen LogP contribution in [0.25, 0.3) is 0 Å². The van der Waals surface area contributed by atoms with Gasteiger partial charge in [-0.15, -0.1) is 0 Å². The quantitative estimate of drug-likeness (QED) is 0.733. The molecule has 2 heteroatoms. The van der Waals surface area contributed by atoms with E-state index in [4.69, 9.17) is 0 Å². The van der Waals surface area contributed by atoms with Gasteiger partial charge in [-0.25, -0.2) is 0 Å². The molecule has 1 saturated carbocycles. The highest BCUT2D eigenvalue weighted by molar-refractivity contribution is 4.88. The Bertz CT molecular complexity index is 207. The van der Waals surface area contributed by atoms with Crippen molar-refractivity contribution in [3.05, 3.63) is 0 Å². The fourth-order valence-corrected chi connectivity index (χ4v) is 3.46. The largest absolute Gasteiger partial charge is 0.316 e. The van der Waals surface area contributed by atoms with Gasteiger partial charge in [-0.3, -0.25) is 4.90 Å². The van der Waals surface area contributed by atoms with Gasteiger partial charge in [0, 0.05) is 12.6 Å². The number of piperidine rings is 1. The highest BCUT2D eigenvalue weighted by Crippen LogP contribution is 2.37. The van der Waals surface area contributed by atoms with Gasteiger partial charge in [-0.05, 0) is 70.0 Å². The third-order valence-corrected chi connectivity index (χ3v) is 4.46. The standard InChI is InChI=1S/C15H30N2/c1-3-10-17(15(4-2)14-7-8-14)12-13-6-5-9-16-11-13/h13-16H,3-12H2,1-2H3. The third-order valence-electron chi connectivity index (χ3n) is 4.46. The van der Waals surface area contributed by atoms with E-state index < -0.39 is 0 Å². The monoisotopic (exact) mass is 238 g/mol. The molecule has 0 radical (unpaired) electrons. The van der Waals surface area contributed by atoms with Crippen molar-refractivity contribution < 1.29 is 0 Å². The molecule has 2 fully saturated rings. The Morgan fingerprint density at radius 2 is 2.06 bits per heavy atom. The lowest BCUT2D eigenvalue weighted by molar-refractivity contribution is 0.135. The van der Waals surface area contributed by atoms with E-state index in [2.05, 4.69) is 24.1 Å². The van der Waals surface area contributed by atoms with E-state index in [-0.39, 0.29) is 0 Å². The number of hydrogen-bond acceptors (Lipinski definition) is 2. The Hall–Kier alpha value is -0.0800. The van der Waals surface area contributed by atoms with E-state index >= 15 is 0 Å². The summed E-state index contributed by atoms with van der Waals surface area (Å²) in [6, 6.07) is 0.886. The summed E-state index contributed by atoms with van der Waals surface area (Å²) in [4.78, 5) is 2.81. The summed E-state index contributed by atoms with van der Waals surface area (Å²) in [7, 11) is 0. The minimum atomic E-state index is 0.886. The van der Waals surface area contributed by atoms with Crippen LogP contribution in [-0.2, 0) is 0 Å². The van der Waals surface area contributed by atoms with Crippen LogP contribution in [0.1, 0.15) is 52.4 Å². The Morgan fingerprint density at radius 3 is 2.59 bits per heavy atom. The van der Waals surface area contributed by atoms with E-state index in [9.17, 15) is 0 Å². The molecule has 1 heterocycles. The Balaban J connectivity index is 1.85. The number of nitrogens with one attached hydrogen (secondary N) is 1. The van der Waals surface area contributed by atoms with Crippen LogP contribution in [-0.4, -0.2) is 37.1 Å². The molecule has 0 spiro atoms. The van der Waals surface area contributed by atoms with Gasteiger partial charge in [0.25, 0.3) is 0 Å². The smallest absolute Gasteiger partial charge is 0.0121 e. The summed E-state index contributed by atoms with van der Waals surface area (Å²) in [6.07, 6.45) is 8.45. The maximum absolute atomic E-state index is 3.56. The van der Waals surface area contributed by atoms with E-state index in [1.165, 1.54) is 64.7 Å². The van der Waals surface area contributed by atoms with Crippen LogP contribution in [0.2, 0.25) is 0 Å². The van der Waals surface area contributed by atoms with Crippen LogP contribution in [0.3, 0.4) is 0 Å². The number of nitrogens with zero attached hydrogens (tertiary/aromatic N) is 1. The van der Waals surface area contributed by atoms with Crippen LogP contribution in [0.15, 0.2) is 0 Å². The van der Waals surface area contributed by atoms with Gasteiger partial charge in [0.05, 0.1) is 0 Å². The van der Waals surface area contributed by atoms with Crippen LogP contribution >= 0.6 is 0 Å². The van der Waals surface area contributed by atoms with Gasteiger partial charge in [0.2, 0.25) is 0 Å². The molecule has 0 aromatic carbocycles. The maximum Gasteiger partial charge on any atom is 0.0121 e. The van der Waals surface area contributed by atoms with Crippen molar-refractivity contribution in [1.29, 1.82) is 0 Å². The highest BCUT2D eigenvalue weighted by atomic mass is 15.2. The fourth-order valence-electron chi connectivity index (χ4n) is 3.46. The molecule has 2 aliphatic rings. The van der Waals surface area contributed by atoms with Crippen molar-refractivity contribution in [2.75, 3.05) is 26.2 Å². The molecule has 0 amide bonds. The lowest BCUT2D eigenvalue weighted by Gasteiger charge is -2.35. The van der Waals surface area contributed by atoms with Crippen molar-refractivity contribution in [2.24, 2.45) is 11.8 Å². The molecule has 2 rings (SSSR count). The van der Waals surface area contributed by atoms with Gasteiger partial charge < -0.3 is 5.32 Å². The normalized spacial score (nSPS) is 27.4.